The molecule has 0 bridgehead atoms. The fraction of sp³-hybridized carbons (Fsp3) is 0.200. The maximum atomic E-state index is 12.1. The van der Waals surface area contributed by atoms with E-state index in [-0.39, 0.29) is 11.5 Å². The van der Waals surface area contributed by atoms with Crippen LogP contribution in [0.4, 0.5) is 0 Å². The molecule has 0 saturated heterocycles. The Morgan fingerprint density at radius 2 is 1.55 bits per heavy atom. The lowest BCUT2D eigenvalue weighted by Gasteiger charge is -2.13. The predicted molar refractivity (Wildman–Crippen MR) is 80.6 cm³/mol. The molecule has 0 amide bonds. The van der Waals surface area contributed by atoms with Crippen LogP contribution in [0.3, 0.4) is 0 Å². The highest BCUT2D eigenvalue weighted by atomic mass is 32.2. The van der Waals surface area contributed by atoms with Gasteiger partial charge in [0.15, 0.2) is 0 Å². The second kappa shape index (κ2) is 7.15. The molecule has 2 rings (SSSR count). The largest absolute Gasteiger partial charge is 0.296 e. The first-order valence-corrected chi connectivity index (χ1v) is 8.01. The molecule has 2 aromatic rings. The number of nitrogens with zero attached hydrogens (tertiary/aromatic N) is 1. The van der Waals surface area contributed by atoms with Gasteiger partial charge in [-0.15, -0.1) is 0 Å². The standard InChI is InChI=1S/C15H15NO5S/c17-16(18)11-14(13-7-3-1-4-8-13)12-21-22(19,20)15-9-5-2-6-10-15/h1-10,14H,11-12H2/t14-/m1/s1. The van der Waals surface area contributed by atoms with Crippen molar-refractivity contribution in [1.29, 1.82) is 0 Å². The summed E-state index contributed by atoms with van der Waals surface area (Å²) in [6.45, 7) is -0.670. The maximum Gasteiger partial charge on any atom is 0.296 e. The molecule has 116 valence electrons. The molecular weight excluding hydrogens is 306 g/mol. The summed E-state index contributed by atoms with van der Waals surface area (Å²) in [4.78, 5) is 10.3. The van der Waals surface area contributed by atoms with Crippen molar-refractivity contribution >= 4 is 10.1 Å². The third-order valence-electron chi connectivity index (χ3n) is 3.10. The highest BCUT2D eigenvalue weighted by Gasteiger charge is 2.23. The molecule has 0 radical (unpaired) electrons. The van der Waals surface area contributed by atoms with Crippen molar-refractivity contribution < 1.29 is 17.5 Å². The number of rotatable bonds is 7. The van der Waals surface area contributed by atoms with Crippen LogP contribution in [0.15, 0.2) is 65.6 Å². The molecule has 7 heteroatoms. The molecule has 2 aromatic carbocycles. The van der Waals surface area contributed by atoms with E-state index in [0.29, 0.717) is 5.56 Å². The molecule has 0 spiro atoms. The molecule has 0 aliphatic carbocycles. The molecule has 0 aliphatic heterocycles. The van der Waals surface area contributed by atoms with E-state index in [1.807, 2.05) is 0 Å². The highest BCUT2D eigenvalue weighted by Crippen LogP contribution is 2.19. The first kappa shape index (κ1) is 16.1. The van der Waals surface area contributed by atoms with Crippen LogP contribution in [-0.4, -0.2) is 26.5 Å². The van der Waals surface area contributed by atoms with E-state index >= 15 is 0 Å². The van der Waals surface area contributed by atoms with Crippen LogP contribution >= 0.6 is 0 Å². The van der Waals surface area contributed by atoms with Gasteiger partial charge < -0.3 is 0 Å². The van der Waals surface area contributed by atoms with Crippen LogP contribution in [0.2, 0.25) is 0 Å². The Hall–Kier alpha value is -2.25. The molecule has 1 atom stereocenters. The Labute approximate surface area is 128 Å². The lowest BCUT2D eigenvalue weighted by molar-refractivity contribution is -0.483. The van der Waals surface area contributed by atoms with Gasteiger partial charge in [-0.2, -0.15) is 8.42 Å². The summed E-state index contributed by atoms with van der Waals surface area (Å²) in [5.41, 5.74) is 0.669. The van der Waals surface area contributed by atoms with Crippen LogP contribution in [-0.2, 0) is 14.3 Å². The van der Waals surface area contributed by atoms with Crippen LogP contribution < -0.4 is 0 Å². The van der Waals surface area contributed by atoms with Gasteiger partial charge in [0.2, 0.25) is 6.54 Å². The Balaban J connectivity index is 2.13. The van der Waals surface area contributed by atoms with Gasteiger partial charge in [-0.25, -0.2) is 0 Å². The average Bonchev–Trinajstić information content (AvgIpc) is 2.53. The molecular formula is C15H15NO5S. The third kappa shape index (κ3) is 4.37. The number of nitro groups is 1. The van der Waals surface area contributed by atoms with E-state index in [2.05, 4.69) is 0 Å². The van der Waals surface area contributed by atoms with Crippen molar-refractivity contribution in [3.8, 4) is 0 Å². The highest BCUT2D eigenvalue weighted by molar-refractivity contribution is 7.86. The van der Waals surface area contributed by atoms with Crippen LogP contribution in [0, 0.1) is 10.1 Å². The van der Waals surface area contributed by atoms with E-state index in [1.54, 1.807) is 48.5 Å². The zero-order chi connectivity index (χ0) is 16.0. The Bertz CT molecular complexity index is 716. The fourth-order valence-electron chi connectivity index (χ4n) is 1.99. The first-order valence-electron chi connectivity index (χ1n) is 6.60. The van der Waals surface area contributed by atoms with E-state index in [4.69, 9.17) is 4.18 Å². The van der Waals surface area contributed by atoms with E-state index in [1.165, 1.54) is 12.1 Å². The van der Waals surface area contributed by atoms with Gasteiger partial charge in [0, 0.05) is 4.92 Å². The summed E-state index contributed by atoms with van der Waals surface area (Å²) in [5, 5.41) is 10.8. The van der Waals surface area contributed by atoms with Gasteiger partial charge in [-0.1, -0.05) is 48.5 Å². The molecule has 0 heterocycles. The molecule has 0 aliphatic rings. The summed E-state index contributed by atoms with van der Waals surface area (Å²) < 4.78 is 29.1. The molecule has 0 aromatic heterocycles. The van der Waals surface area contributed by atoms with Gasteiger partial charge in [-0.05, 0) is 17.7 Å². The van der Waals surface area contributed by atoms with E-state index in [9.17, 15) is 18.5 Å². The van der Waals surface area contributed by atoms with Crippen molar-refractivity contribution in [1.82, 2.24) is 0 Å². The van der Waals surface area contributed by atoms with Crippen LogP contribution in [0.1, 0.15) is 11.5 Å². The van der Waals surface area contributed by atoms with Gasteiger partial charge in [0.25, 0.3) is 10.1 Å². The molecule has 0 fully saturated rings. The number of benzene rings is 2. The van der Waals surface area contributed by atoms with Gasteiger partial charge in [-0.3, -0.25) is 14.3 Å². The Morgan fingerprint density at radius 1 is 1.00 bits per heavy atom. The SMILES string of the molecule is O=[N+]([O-])C[C@H](COS(=O)(=O)c1ccccc1)c1ccccc1. The minimum atomic E-state index is -3.92. The maximum absolute atomic E-state index is 12.1. The molecule has 0 unspecified atom stereocenters. The lowest BCUT2D eigenvalue weighted by Crippen LogP contribution is -2.20. The van der Waals surface area contributed by atoms with Crippen molar-refractivity contribution in [3.63, 3.8) is 0 Å². The second-order valence-corrected chi connectivity index (χ2v) is 6.29. The quantitative estimate of drug-likeness (QED) is 0.444. The van der Waals surface area contributed by atoms with Crippen molar-refractivity contribution in [2.45, 2.75) is 10.8 Å². The summed E-state index contributed by atoms with van der Waals surface area (Å²) in [6.07, 6.45) is 0. The normalized spacial score (nSPS) is 12.7. The second-order valence-electron chi connectivity index (χ2n) is 4.67. The summed E-state index contributed by atoms with van der Waals surface area (Å²) in [6, 6.07) is 16.4. The minimum absolute atomic E-state index is 0.0305. The zero-order valence-electron chi connectivity index (χ0n) is 11.7. The van der Waals surface area contributed by atoms with Crippen molar-refractivity contribution in [3.05, 3.63) is 76.3 Å². The average molecular weight is 321 g/mol. The predicted octanol–water partition coefficient (Wildman–Crippen LogP) is 2.45. The van der Waals surface area contributed by atoms with Crippen molar-refractivity contribution in [2.24, 2.45) is 0 Å². The van der Waals surface area contributed by atoms with E-state index in [0.717, 1.165) is 0 Å². The molecule has 22 heavy (non-hydrogen) atoms. The molecule has 0 N–H and O–H groups in total. The minimum Gasteiger partial charge on any atom is -0.265 e. The summed E-state index contributed by atoms with van der Waals surface area (Å²) >= 11 is 0. The van der Waals surface area contributed by atoms with Gasteiger partial charge in [0.1, 0.15) is 0 Å². The topological polar surface area (TPSA) is 86.5 Å². The van der Waals surface area contributed by atoms with Crippen LogP contribution in [0.5, 0.6) is 0 Å². The fourth-order valence-corrected chi connectivity index (χ4v) is 2.96. The Kier molecular flexibility index (Phi) is 5.24. The summed E-state index contributed by atoms with van der Waals surface area (Å²) in [5.74, 6) is -0.630. The lowest BCUT2D eigenvalue weighted by atomic mass is 10.0. The van der Waals surface area contributed by atoms with E-state index < -0.39 is 27.5 Å². The monoisotopic (exact) mass is 321 g/mol. The van der Waals surface area contributed by atoms with Crippen LogP contribution in [0.25, 0.3) is 0 Å². The first-order chi connectivity index (χ1) is 10.5. The summed E-state index contributed by atoms with van der Waals surface area (Å²) in [7, 11) is -3.92. The van der Waals surface area contributed by atoms with Gasteiger partial charge >= 0.3 is 0 Å². The van der Waals surface area contributed by atoms with Gasteiger partial charge in [0.05, 0.1) is 17.4 Å². The molecule has 6 nitrogen and oxygen atoms in total. The third-order valence-corrected chi connectivity index (χ3v) is 4.39. The molecule has 0 saturated carbocycles. The number of hydrogen-bond acceptors (Lipinski definition) is 5. The van der Waals surface area contributed by atoms with Crippen molar-refractivity contribution in [2.75, 3.05) is 13.2 Å². The smallest absolute Gasteiger partial charge is 0.265 e. The zero-order valence-corrected chi connectivity index (χ0v) is 12.5. The number of hydrogen-bond donors (Lipinski definition) is 0. The Morgan fingerprint density at radius 3 is 2.09 bits per heavy atom.